The van der Waals surface area contributed by atoms with Crippen LogP contribution in [0.15, 0.2) is 36.7 Å². The molecule has 0 spiro atoms. The molecule has 11 heteroatoms. The Morgan fingerprint density at radius 1 is 1.34 bits per heavy atom. The van der Waals surface area contributed by atoms with Gasteiger partial charge in [0.1, 0.15) is 23.3 Å². The topological polar surface area (TPSA) is 146 Å². The molecule has 0 unspecified atom stereocenters. The number of ketones is 1. The number of hydrogen-bond donors (Lipinski definition) is 3. The van der Waals surface area contributed by atoms with E-state index in [0.29, 0.717) is 12.1 Å². The lowest BCUT2D eigenvalue weighted by molar-refractivity contribution is -0.118. The molecule has 1 aliphatic carbocycles. The quantitative estimate of drug-likeness (QED) is 0.396. The summed E-state index contributed by atoms with van der Waals surface area (Å²) >= 11 is 0. The van der Waals surface area contributed by atoms with Crippen LogP contribution in [-0.4, -0.2) is 37.6 Å². The number of aromatic nitrogens is 4. The van der Waals surface area contributed by atoms with E-state index in [4.69, 9.17) is 5.26 Å². The molecule has 0 aliphatic heterocycles. The van der Waals surface area contributed by atoms with Crippen molar-refractivity contribution in [2.75, 3.05) is 5.32 Å². The molecule has 0 bridgehead atoms. The van der Waals surface area contributed by atoms with Crippen LogP contribution >= 0.6 is 0 Å². The van der Waals surface area contributed by atoms with Gasteiger partial charge in [-0.15, -0.1) is 0 Å². The van der Waals surface area contributed by atoms with Gasteiger partial charge >= 0.3 is 0 Å². The van der Waals surface area contributed by atoms with Gasteiger partial charge in [0.15, 0.2) is 0 Å². The summed E-state index contributed by atoms with van der Waals surface area (Å²) in [5, 5.41) is 24.5. The average molecular weight is 435 g/mol. The number of aromatic amines is 1. The number of nitrogens with one attached hydrogen (secondary N) is 3. The molecular formula is C21H18FN7O3. The van der Waals surface area contributed by atoms with E-state index in [1.807, 2.05) is 6.92 Å². The Balaban J connectivity index is 1.49. The molecule has 0 saturated heterocycles. The molecule has 2 amide bonds. The first-order valence-corrected chi connectivity index (χ1v) is 9.65. The number of anilines is 1. The average Bonchev–Trinajstić information content (AvgIpc) is 3.16. The third kappa shape index (κ3) is 3.62. The van der Waals surface area contributed by atoms with Gasteiger partial charge in [-0.2, -0.15) is 20.7 Å². The van der Waals surface area contributed by atoms with Crippen LogP contribution in [0.4, 0.5) is 10.1 Å². The van der Waals surface area contributed by atoms with Crippen molar-refractivity contribution >= 4 is 23.3 Å². The molecule has 1 aliphatic rings. The lowest BCUT2D eigenvalue weighted by atomic mass is 10.1. The van der Waals surface area contributed by atoms with Crippen LogP contribution in [0.2, 0.25) is 0 Å². The monoisotopic (exact) mass is 435 g/mol. The van der Waals surface area contributed by atoms with Gasteiger partial charge in [-0.1, -0.05) is 6.92 Å². The van der Waals surface area contributed by atoms with Gasteiger partial charge in [-0.05, 0) is 36.6 Å². The Hall–Kier alpha value is -4.33. The van der Waals surface area contributed by atoms with Gasteiger partial charge in [-0.3, -0.25) is 14.4 Å². The number of aryl methyl sites for hydroxylation is 1. The number of carbonyl (C=O) groups is 3. The van der Waals surface area contributed by atoms with Crippen molar-refractivity contribution in [3.05, 3.63) is 65.0 Å². The fourth-order valence-corrected chi connectivity index (χ4v) is 3.62. The highest BCUT2D eigenvalue weighted by Gasteiger charge is 2.56. The van der Waals surface area contributed by atoms with E-state index in [9.17, 15) is 18.8 Å². The number of nitriles is 1. The van der Waals surface area contributed by atoms with Crippen molar-refractivity contribution in [1.82, 2.24) is 25.3 Å². The fraction of sp³-hybridized carbons (Fsp3) is 0.238. The predicted octanol–water partition coefficient (Wildman–Crippen LogP) is 1.64. The van der Waals surface area contributed by atoms with Crippen LogP contribution in [0, 0.1) is 23.1 Å². The summed E-state index contributed by atoms with van der Waals surface area (Å²) < 4.78 is 14.9. The van der Waals surface area contributed by atoms with E-state index >= 15 is 0 Å². The van der Waals surface area contributed by atoms with E-state index in [1.165, 1.54) is 35.2 Å². The van der Waals surface area contributed by atoms with Crippen molar-refractivity contribution in [3.8, 4) is 6.07 Å². The molecule has 1 saturated carbocycles. The molecule has 1 fully saturated rings. The van der Waals surface area contributed by atoms with E-state index in [2.05, 4.69) is 26.0 Å². The molecule has 162 valence electrons. The second kappa shape index (κ2) is 7.73. The highest BCUT2D eigenvalue weighted by molar-refractivity contribution is 6.43. The molecule has 4 rings (SSSR count). The fourth-order valence-electron chi connectivity index (χ4n) is 3.62. The normalized spacial score (nSPS) is 19.1. The van der Waals surface area contributed by atoms with E-state index in [1.54, 1.807) is 13.1 Å². The van der Waals surface area contributed by atoms with Gasteiger partial charge in [-0.25, -0.2) is 4.39 Å². The third-order valence-corrected chi connectivity index (χ3v) is 5.57. The summed E-state index contributed by atoms with van der Waals surface area (Å²) in [6.07, 6.45) is 3.51. The number of rotatable bonds is 6. The van der Waals surface area contributed by atoms with Gasteiger partial charge in [0.25, 0.3) is 17.6 Å². The molecule has 0 radical (unpaired) electrons. The molecule has 2 heterocycles. The zero-order valence-electron chi connectivity index (χ0n) is 17.1. The number of Topliss-reactive ketones (excluding diaryl/α,β-unsaturated/α-hetero) is 1. The molecule has 10 nitrogen and oxygen atoms in total. The summed E-state index contributed by atoms with van der Waals surface area (Å²) in [5.74, 6) is -2.80. The Morgan fingerprint density at radius 3 is 2.72 bits per heavy atom. The molecule has 32 heavy (non-hydrogen) atoms. The standard InChI is InChI=1S/C21H18FN7O3/c1-11-7-21(11,17-9-24-28-27-17)26-20(32)18(30)13-6-16(29(2)10-13)19(31)25-14-3-4-15(22)12(5-14)8-23/h3-6,9-11H,7H2,1-2H3,(H,25,31)(H,26,32)(H,24,27,28)/t11-,21-/m0/s1. The Kier molecular flexibility index (Phi) is 5.06. The number of halogens is 1. The van der Waals surface area contributed by atoms with Crippen LogP contribution in [0.5, 0.6) is 0 Å². The van der Waals surface area contributed by atoms with Crippen LogP contribution in [0.1, 0.15) is 45.4 Å². The lowest BCUT2D eigenvalue weighted by Gasteiger charge is -2.15. The number of hydrogen-bond acceptors (Lipinski definition) is 6. The maximum absolute atomic E-state index is 13.5. The number of carbonyl (C=O) groups excluding carboxylic acids is 3. The first-order valence-electron chi connectivity index (χ1n) is 9.65. The summed E-state index contributed by atoms with van der Waals surface area (Å²) in [6, 6.07) is 6.59. The number of amides is 2. The molecule has 3 N–H and O–H groups in total. The van der Waals surface area contributed by atoms with Crippen LogP contribution < -0.4 is 10.6 Å². The predicted molar refractivity (Wildman–Crippen MR) is 109 cm³/mol. The van der Waals surface area contributed by atoms with Crippen molar-refractivity contribution < 1.29 is 18.8 Å². The maximum atomic E-state index is 13.5. The van der Waals surface area contributed by atoms with Crippen molar-refractivity contribution in [2.24, 2.45) is 13.0 Å². The van der Waals surface area contributed by atoms with Crippen molar-refractivity contribution in [3.63, 3.8) is 0 Å². The third-order valence-electron chi connectivity index (χ3n) is 5.57. The largest absolute Gasteiger partial charge is 0.346 e. The van der Waals surface area contributed by atoms with Gasteiger partial charge in [0.2, 0.25) is 0 Å². The van der Waals surface area contributed by atoms with Crippen LogP contribution in [0.25, 0.3) is 0 Å². The molecular weight excluding hydrogens is 417 g/mol. The first kappa shape index (κ1) is 20.9. The van der Waals surface area contributed by atoms with Gasteiger partial charge < -0.3 is 15.2 Å². The maximum Gasteiger partial charge on any atom is 0.293 e. The highest BCUT2D eigenvalue weighted by atomic mass is 19.1. The number of H-pyrrole nitrogens is 1. The van der Waals surface area contributed by atoms with Gasteiger partial charge in [0, 0.05) is 24.5 Å². The smallest absolute Gasteiger partial charge is 0.293 e. The van der Waals surface area contributed by atoms with Crippen molar-refractivity contribution in [1.29, 1.82) is 5.26 Å². The minimum Gasteiger partial charge on any atom is -0.346 e. The van der Waals surface area contributed by atoms with Gasteiger partial charge in [0.05, 0.1) is 17.3 Å². The SMILES string of the molecule is C[C@H]1C[C@@]1(NC(=O)C(=O)c1cc(C(=O)Nc2ccc(F)c(C#N)c2)n(C)c1)c1cn[nH]n1. The van der Waals surface area contributed by atoms with Crippen LogP contribution in [-0.2, 0) is 17.4 Å². The van der Waals surface area contributed by atoms with E-state index < -0.39 is 29.0 Å². The first-order chi connectivity index (χ1) is 15.2. The van der Waals surface area contributed by atoms with E-state index in [-0.39, 0.29) is 28.4 Å². The Morgan fingerprint density at radius 2 is 2.09 bits per heavy atom. The summed E-state index contributed by atoms with van der Waals surface area (Å²) in [6.45, 7) is 1.93. The summed E-state index contributed by atoms with van der Waals surface area (Å²) in [5.41, 5.74) is -0.0362. The minimum absolute atomic E-state index is 0.0376. The zero-order chi connectivity index (χ0) is 23.0. The Bertz CT molecular complexity index is 1280. The molecule has 2 atom stereocenters. The molecule has 3 aromatic rings. The number of benzene rings is 1. The highest BCUT2D eigenvalue weighted by Crippen LogP contribution is 2.50. The molecule has 2 aromatic heterocycles. The summed E-state index contributed by atoms with van der Waals surface area (Å²) in [7, 11) is 1.55. The molecule has 1 aromatic carbocycles. The van der Waals surface area contributed by atoms with Crippen LogP contribution in [0.3, 0.4) is 0 Å². The lowest BCUT2D eigenvalue weighted by Crippen LogP contribution is -2.40. The Labute approximate surface area is 181 Å². The summed E-state index contributed by atoms with van der Waals surface area (Å²) in [4.78, 5) is 38.0. The second-order valence-corrected chi connectivity index (χ2v) is 7.70. The second-order valence-electron chi connectivity index (χ2n) is 7.70. The zero-order valence-corrected chi connectivity index (χ0v) is 17.1. The van der Waals surface area contributed by atoms with E-state index in [0.717, 1.165) is 6.07 Å². The minimum atomic E-state index is -0.813. The number of nitrogens with zero attached hydrogens (tertiary/aromatic N) is 4. The van der Waals surface area contributed by atoms with Crippen molar-refractivity contribution in [2.45, 2.75) is 18.9 Å².